The summed E-state index contributed by atoms with van der Waals surface area (Å²) in [6, 6.07) is 9.50. The van der Waals surface area contributed by atoms with Crippen LogP contribution in [-0.4, -0.2) is 49.9 Å². The van der Waals surface area contributed by atoms with Crippen LogP contribution in [0.3, 0.4) is 0 Å². The highest BCUT2D eigenvalue weighted by molar-refractivity contribution is 7.18. The molecule has 10 heteroatoms. The van der Waals surface area contributed by atoms with Gasteiger partial charge in [-0.25, -0.2) is 24.7 Å². The van der Waals surface area contributed by atoms with Crippen molar-refractivity contribution < 1.29 is 14.3 Å². The Morgan fingerprint density at radius 2 is 1.90 bits per heavy atom. The molecule has 1 atom stereocenters. The molecule has 4 rings (SSSR count). The number of rotatable bonds is 6. The first-order chi connectivity index (χ1) is 14.5. The molecule has 0 aliphatic rings. The van der Waals surface area contributed by atoms with E-state index in [1.807, 2.05) is 24.3 Å². The number of carbonyl (C=O) groups is 2. The number of amides is 1. The fraction of sp³-hybridized carbons (Fsp3) is 0.200. The average Bonchev–Trinajstić information content (AvgIpc) is 3.40. The maximum absolute atomic E-state index is 12.6. The van der Waals surface area contributed by atoms with Crippen LogP contribution in [0.25, 0.3) is 21.0 Å². The second-order valence-electron chi connectivity index (χ2n) is 6.43. The lowest BCUT2D eigenvalue weighted by molar-refractivity contribution is -0.139. The number of thiazole rings is 2. The van der Waals surface area contributed by atoms with Gasteiger partial charge in [0.2, 0.25) is 0 Å². The molecule has 0 spiro atoms. The highest BCUT2D eigenvalue weighted by Crippen LogP contribution is 2.23. The molecule has 0 fully saturated rings. The zero-order chi connectivity index (χ0) is 21.1. The van der Waals surface area contributed by atoms with Crippen molar-refractivity contribution in [1.82, 2.24) is 24.8 Å². The number of benzene rings is 1. The van der Waals surface area contributed by atoms with Crippen molar-refractivity contribution in [1.29, 1.82) is 0 Å². The van der Waals surface area contributed by atoms with E-state index in [1.165, 1.54) is 27.6 Å². The predicted octanol–water partition coefficient (Wildman–Crippen LogP) is 3.41. The van der Waals surface area contributed by atoms with E-state index in [2.05, 4.69) is 19.9 Å². The molecule has 1 unspecified atom stereocenters. The fourth-order valence-corrected chi connectivity index (χ4v) is 4.48. The molecule has 3 heterocycles. The molecule has 0 radical (unpaired) electrons. The standard InChI is InChI=1S/C20H17N5O3S2/c1-12(19(26)25(2)10-16-23-13-6-3-4-7-15(13)30-16)28-20(27)14-11-29-18(24-14)17-21-8-5-9-22-17/h3-9,11-12H,10H2,1-2H3. The summed E-state index contributed by atoms with van der Waals surface area (Å²) in [5.41, 5.74) is 1.02. The lowest BCUT2D eigenvalue weighted by Crippen LogP contribution is -2.37. The largest absolute Gasteiger partial charge is 0.448 e. The van der Waals surface area contributed by atoms with Crippen LogP contribution >= 0.6 is 22.7 Å². The Balaban J connectivity index is 1.37. The molecule has 0 aliphatic heterocycles. The van der Waals surface area contributed by atoms with Gasteiger partial charge in [-0.1, -0.05) is 12.1 Å². The molecular formula is C20H17N5O3S2. The Morgan fingerprint density at radius 1 is 1.13 bits per heavy atom. The number of likely N-dealkylation sites (N-methyl/N-ethyl adjacent to an activating group) is 1. The lowest BCUT2D eigenvalue weighted by atomic mass is 10.3. The van der Waals surface area contributed by atoms with E-state index in [1.54, 1.807) is 37.8 Å². The van der Waals surface area contributed by atoms with Crippen molar-refractivity contribution in [3.8, 4) is 10.8 Å². The molecule has 30 heavy (non-hydrogen) atoms. The smallest absolute Gasteiger partial charge is 0.358 e. The van der Waals surface area contributed by atoms with Gasteiger partial charge in [0.25, 0.3) is 5.91 Å². The van der Waals surface area contributed by atoms with Gasteiger partial charge in [-0.05, 0) is 25.1 Å². The number of carbonyl (C=O) groups excluding carboxylic acids is 2. The molecule has 0 aliphatic carbocycles. The van der Waals surface area contributed by atoms with Gasteiger partial charge in [-0.3, -0.25) is 4.79 Å². The number of ether oxygens (including phenoxy) is 1. The van der Waals surface area contributed by atoms with Gasteiger partial charge in [0.15, 0.2) is 22.6 Å². The zero-order valence-corrected chi connectivity index (χ0v) is 17.8. The number of hydrogen-bond acceptors (Lipinski definition) is 9. The van der Waals surface area contributed by atoms with Gasteiger partial charge in [0.05, 0.1) is 16.8 Å². The van der Waals surface area contributed by atoms with Crippen LogP contribution in [0.5, 0.6) is 0 Å². The van der Waals surface area contributed by atoms with Crippen molar-refractivity contribution >= 4 is 44.8 Å². The molecule has 152 valence electrons. The minimum Gasteiger partial charge on any atom is -0.448 e. The number of nitrogens with zero attached hydrogens (tertiary/aromatic N) is 5. The fourth-order valence-electron chi connectivity index (χ4n) is 2.73. The summed E-state index contributed by atoms with van der Waals surface area (Å²) in [7, 11) is 1.66. The Kier molecular flexibility index (Phi) is 5.77. The Morgan fingerprint density at radius 3 is 2.67 bits per heavy atom. The highest BCUT2D eigenvalue weighted by atomic mass is 32.1. The molecule has 1 aromatic carbocycles. The second kappa shape index (κ2) is 8.64. The molecule has 3 aromatic heterocycles. The molecule has 1 amide bonds. The second-order valence-corrected chi connectivity index (χ2v) is 8.40. The van der Waals surface area contributed by atoms with Gasteiger partial charge in [-0.2, -0.15) is 0 Å². The van der Waals surface area contributed by atoms with Gasteiger partial charge in [0, 0.05) is 24.8 Å². The van der Waals surface area contributed by atoms with Gasteiger partial charge in [-0.15, -0.1) is 22.7 Å². The van der Waals surface area contributed by atoms with Gasteiger partial charge < -0.3 is 9.64 Å². The Bertz CT molecular complexity index is 1160. The van der Waals surface area contributed by atoms with Crippen LogP contribution in [0.15, 0.2) is 48.1 Å². The summed E-state index contributed by atoms with van der Waals surface area (Å²) in [6.07, 6.45) is 2.25. The van der Waals surface area contributed by atoms with Crippen molar-refractivity contribution in [2.45, 2.75) is 19.6 Å². The van der Waals surface area contributed by atoms with Gasteiger partial charge >= 0.3 is 5.97 Å². The predicted molar refractivity (Wildman–Crippen MR) is 114 cm³/mol. The minimum absolute atomic E-state index is 0.121. The maximum atomic E-state index is 12.6. The van der Waals surface area contributed by atoms with Crippen LogP contribution in [0.2, 0.25) is 0 Å². The highest BCUT2D eigenvalue weighted by Gasteiger charge is 2.24. The molecule has 8 nitrogen and oxygen atoms in total. The third-order valence-corrected chi connectivity index (χ3v) is 6.05. The van der Waals surface area contributed by atoms with E-state index in [0.29, 0.717) is 17.4 Å². The molecule has 0 saturated heterocycles. The first-order valence-electron chi connectivity index (χ1n) is 9.04. The minimum atomic E-state index is -0.949. The van der Waals surface area contributed by atoms with E-state index in [4.69, 9.17) is 4.74 Å². The number of para-hydroxylation sites is 1. The molecule has 0 saturated carbocycles. The van der Waals surface area contributed by atoms with E-state index in [0.717, 1.165) is 15.2 Å². The third-order valence-electron chi connectivity index (χ3n) is 4.19. The van der Waals surface area contributed by atoms with Crippen LogP contribution in [0.4, 0.5) is 0 Å². The summed E-state index contributed by atoms with van der Waals surface area (Å²) in [4.78, 5) is 43.5. The van der Waals surface area contributed by atoms with Crippen LogP contribution in [-0.2, 0) is 16.1 Å². The first kappa shape index (κ1) is 20.0. The number of fused-ring (bicyclic) bond motifs is 1. The van der Waals surface area contributed by atoms with E-state index in [-0.39, 0.29) is 11.6 Å². The molecule has 0 N–H and O–H groups in total. The summed E-state index contributed by atoms with van der Waals surface area (Å²) in [6.45, 7) is 1.88. The quantitative estimate of drug-likeness (QED) is 0.425. The Hall–Kier alpha value is -3.24. The van der Waals surface area contributed by atoms with Crippen molar-refractivity contribution in [3.63, 3.8) is 0 Å². The summed E-state index contributed by atoms with van der Waals surface area (Å²) in [5, 5.41) is 2.89. The Labute approximate surface area is 180 Å². The molecular weight excluding hydrogens is 422 g/mol. The monoisotopic (exact) mass is 439 g/mol. The number of aromatic nitrogens is 4. The third kappa shape index (κ3) is 4.34. The first-order valence-corrected chi connectivity index (χ1v) is 10.7. The summed E-state index contributed by atoms with van der Waals surface area (Å²) in [5.74, 6) is -0.548. The lowest BCUT2D eigenvalue weighted by Gasteiger charge is -2.20. The van der Waals surface area contributed by atoms with Crippen molar-refractivity contribution in [2.75, 3.05) is 7.05 Å². The van der Waals surface area contributed by atoms with Gasteiger partial charge in [0.1, 0.15) is 5.01 Å². The normalized spacial score (nSPS) is 11.9. The SMILES string of the molecule is CC(OC(=O)c1csc(-c2ncccn2)n1)C(=O)N(C)Cc1nc2ccccc2s1. The van der Waals surface area contributed by atoms with E-state index >= 15 is 0 Å². The van der Waals surface area contributed by atoms with E-state index < -0.39 is 12.1 Å². The topological polar surface area (TPSA) is 98.2 Å². The zero-order valence-electron chi connectivity index (χ0n) is 16.2. The summed E-state index contributed by atoms with van der Waals surface area (Å²) >= 11 is 2.77. The van der Waals surface area contributed by atoms with Crippen LogP contribution < -0.4 is 0 Å². The summed E-state index contributed by atoms with van der Waals surface area (Å²) < 4.78 is 6.39. The maximum Gasteiger partial charge on any atom is 0.358 e. The van der Waals surface area contributed by atoms with Crippen LogP contribution in [0, 0.1) is 0 Å². The van der Waals surface area contributed by atoms with Crippen LogP contribution in [0.1, 0.15) is 22.4 Å². The van der Waals surface area contributed by atoms with E-state index in [9.17, 15) is 9.59 Å². The number of hydrogen-bond donors (Lipinski definition) is 0. The molecule has 0 bridgehead atoms. The average molecular weight is 440 g/mol. The van der Waals surface area contributed by atoms with Crippen molar-refractivity contribution in [3.05, 3.63) is 58.8 Å². The van der Waals surface area contributed by atoms with Crippen molar-refractivity contribution in [2.24, 2.45) is 0 Å². The number of esters is 1. The molecule has 4 aromatic rings.